The molecule has 2 heterocycles. The van der Waals surface area contributed by atoms with E-state index >= 15 is 0 Å². The second kappa shape index (κ2) is 9.76. The number of fused-ring (bicyclic) bond motifs is 1. The van der Waals surface area contributed by atoms with Crippen molar-refractivity contribution in [3.05, 3.63) is 89.5 Å². The van der Waals surface area contributed by atoms with Gasteiger partial charge in [-0.25, -0.2) is 4.79 Å². The average Bonchev–Trinajstić information content (AvgIpc) is 2.90. The largest absolute Gasteiger partial charge is 0.495 e. The maximum atomic E-state index is 13.7. The van der Waals surface area contributed by atoms with Crippen molar-refractivity contribution in [1.29, 1.82) is 0 Å². The van der Waals surface area contributed by atoms with Gasteiger partial charge in [-0.05, 0) is 48.2 Å². The van der Waals surface area contributed by atoms with Crippen molar-refractivity contribution in [1.82, 2.24) is 4.90 Å². The van der Waals surface area contributed by atoms with E-state index in [1.54, 1.807) is 13.2 Å². The number of hydrogen-bond donors (Lipinski definition) is 0. The minimum atomic E-state index is -4.49. The van der Waals surface area contributed by atoms with Crippen LogP contribution in [0.5, 0.6) is 5.75 Å². The van der Waals surface area contributed by atoms with E-state index in [1.165, 1.54) is 17.0 Å². The molecule has 5 rings (SSSR count). The minimum Gasteiger partial charge on any atom is -0.495 e. The highest BCUT2D eigenvalue weighted by molar-refractivity contribution is 5.95. The molecule has 8 heteroatoms. The molecule has 2 aliphatic rings. The molecule has 2 amide bonds. The van der Waals surface area contributed by atoms with Crippen LogP contribution in [0.4, 0.5) is 29.3 Å². The summed E-state index contributed by atoms with van der Waals surface area (Å²) in [7, 11) is 1.65. The van der Waals surface area contributed by atoms with Crippen molar-refractivity contribution in [3.8, 4) is 5.75 Å². The molecule has 1 fully saturated rings. The number of carbonyl (C=O) groups excluding carboxylic acids is 1. The normalized spacial score (nSPS) is 16.8. The van der Waals surface area contributed by atoms with Crippen LogP contribution in [0.15, 0.2) is 72.8 Å². The summed E-state index contributed by atoms with van der Waals surface area (Å²) < 4.78 is 46.5. The van der Waals surface area contributed by atoms with Crippen LogP contribution in [-0.2, 0) is 19.3 Å². The smallest absolute Gasteiger partial charge is 0.416 e. The van der Waals surface area contributed by atoms with Crippen molar-refractivity contribution in [2.45, 2.75) is 38.1 Å². The van der Waals surface area contributed by atoms with Gasteiger partial charge in [-0.1, -0.05) is 48.5 Å². The Hall–Kier alpha value is -3.68. The third-order valence-corrected chi connectivity index (χ3v) is 7.08. The summed E-state index contributed by atoms with van der Waals surface area (Å²) in [5.74, 6) is 0.813. The molecular formula is C28H28F3N3O2. The van der Waals surface area contributed by atoms with Crippen LogP contribution in [0.2, 0.25) is 0 Å². The molecule has 0 atom stereocenters. The molecule has 0 N–H and O–H groups in total. The molecule has 188 valence electrons. The number of piperidine rings is 1. The average molecular weight is 496 g/mol. The van der Waals surface area contributed by atoms with E-state index in [2.05, 4.69) is 4.90 Å². The summed E-state index contributed by atoms with van der Waals surface area (Å²) in [4.78, 5) is 19.3. The summed E-state index contributed by atoms with van der Waals surface area (Å²) in [6, 6.07) is 20.6. The van der Waals surface area contributed by atoms with E-state index in [-0.39, 0.29) is 24.2 Å². The Balaban J connectivity index is 1.38. The Bertz CT molecular complexity index is 1240. The van der Waals surface area contributed by atoms with Crippen LogP contribution in [0, 0.1) is 0 Å². The second-order valence-electron chi connectivity index (χ2n) is 9.17. The molecule has 0 spiro atoms. The fraction of sp³-hybridized carbons (Fsp3) is 0.321. The highest BCUT2D eigenvalue weighted by Gasteiger charge is 2.38. The summed E-state index contributed by atoms with van der Waals surface area (Å²) in [5, 5.41) is 0. The highest BCUT2D eigenvalue weighted by Crippen LogP contribution is 2.37. The molecule has 0 radical (unpaired) electrons. The number of hydrogen-bond acceptors (Lipinski definition) is 3. The Morgan fingerprint density at radius 3 is 2.25 bits per heavy atom. The first-order valence-electron chi connectivity index (χ1n) is 12.1. The maximum absolute atomic E-state index is 13.7. The third kappa shape index (κ3) is 4.59. The van der Waals surface area contributed by atoms with Gasteiger partial charge in [0, 0.05) is 25.7 Å². The molecule has 5 nitrogen and oxygen atoms in total. The number of benzene rings is 3. The first kappa shape index (κ1) is 24.0. The second-order valence-corrected chi connectivity index (χ2v) is 9.17. The molecule has 36 heavy (non-hydrogen) atoms. The van der Waals surface area contributed by atoms with Gasteiger partial charge in [-0.15, -0.1) is 0 Å². The number of nitrogens with zero attached hydrogens (tertiary/aromatic N) is 3. The fourth-order valence-electron chi connectivity index (χ4n) is 5.27. The quantitative estimate of drug-likeness (QED) is 0.415. The Kier molecular flexibility index (Phi) is 6.51. The molecule has 3 aromatic rings. The van der Waals surface area contributed by atoms with Crippen LogP contribution in [0.25, 0.3) is 0 Å². The van der Waals surface area contributed by atoms with Crippen molar-refractivity contribution in [2.75, 3.05) is 30.0 Å². The zero-order chi connectivity index (χ0) is 25.3. The molecule has 0 saturated carbocycles. The number of ether oxygens (including phenoxy) is 1. The standard InChI is InChI=1S/C28H28F3N3O2/c1-36-26-13-7-6-12-25(26)32-16-14-22(15-17-32)33-19-21-9-3-5-11-24(21)34(27(33)35)18-20-8-2-4-10-23(20)28(29,30)31/h2-13,22H,14-19H2,1H3. The van der Waals surface area contributed by atoms with Gasteiger partial charge in [0.2, 0.25) is 0 Å². The molecule has 1 saturated heterocycles. The monoisotopic (exact) mass is 495 g/mol. The van der Waals surface area contributed by atoms with Crippen LogP contribution in [0.3, 0.4) is 0 Å². The van der Waals surface area contributed by atoms with Crippen LogP contribution in [-0.4, -0.2) is 37.2 Å². The lowest BCUT2D eigenvalue weighted by Gasteiger charge is -2.44. The molecule has 2 aliphatic heterocycles. The number of anilines is 2. The van der Waals surface area contributed by atoms with Crippen molar-refractivity contribution in [3.63, 3.8) is 0 Å². The number of rotatable bonds is 5. The van der Waals surface area contributed by atoms with Gasteiger partial charge in [0.1, 0.15) is 5.75 Å². The number of urea groups is 1. The van der Waals surface area contributed by atoms with Gasteiger partial charge < -0.3 is 14.5 Å². The summed E-state index contributed by atoms with van der Waals surface area (Å²) in [6.45, 7) is 1.83. The van der Waals surface area contributed by atoms with E-state index in [1.807, 2.05) is 53.4 Å². The summed E-state index contributed by atoms with van der Waals surface area (Å²) in [6.07, 6.45) is -2.96. The first-order chi connectivity index (χ1) is 17.4. The highest BCUT2D eigenvalue weighted by atomic mass is 19.4. The minimum absolute atomic E-state index is 0.00262. The Morgan fingerprint density at radius 1 is 0.889 bits per heavy atom. The lowest BCUT2D eigenvalue weighted by atomic mass is 9.99. The number of amides is 2. The number of methoxy groups -OCH3 is 1. The van der Waals surface area contributed by atoms with E-state index in [0.717, 1.165) is 49.0 Å². The molecule has 3 aromatic carbocycles. The molecule has 0 bridgehead atoms. The van der Waals surface area contributed by atoms with Gasteiger partial charge in [0.15, 0.2) is 0 Å². The number of para-hydroxylation sites is 3. The van der Waals surface area contributed by atoms with Gasteiger partial charge >= 0.3 is 12.2 Å². The number of alkyl halides is 3. The molecule has 0 aromatic heterocycles. The zero-order valence-corrected chi connectivity index (χ0v) is 20.0. The summed E-state index contributed by atoms with van der Waals surface area (Å²) in [5.41, 5.74) is 2.01. The Labute approximate surface area is 208 Å². The van der Waals surface area contributed by atoms with Crippen molar-refractivity contribution >= 4 is 17.4 Å². The molecule has 0 aliphatic carbocycles. The fourth-order valence-corrected chi connectivity index (χ4v) is 5.27. The van der Waals surface area contributed by atoms with E-state index in [0.29, 0.717) is 12.2 Å². The van der Waals surface area contributed by atoms with Gasteiger partial charge in [0.25, 0.3) is 0 Å². The predicted octanol–water partition coefficient (Wildman–Crippen LogP) is 6.33. The van der Waals surface area contributed by atoms with E-state index in [9.17, 15) is 18.0 Å². The lowest BCUT2D eigenvalue weighted by Crippen LogP contribution is -2.54. The van der Waals surface area contributed by atoms with Crippen molar-refractivity contribution < 1.29 is 22.7 Å². The topological polar surface area (TPSA) is 36.0 Å². The lowest BCUT2D eigenvalue weighted by molar-refractivity contribution is -0.138. The van der Waals surface area contributed by atoms with Crippen LogP contribution >= 0.6 is 0 Å². The molecule has 0 unspecified atom stereocenters. The van der Waals surface area contributed by atoms with Crippen molar-refractivity contribution in [2.24, 2.45) is 0 Å². The predicted molar refractivity (Wildman–Crippen MR) is 133 cm³/mol. The van der Waals surface area contributed by atoms with E-state index < -0.39 is 11.7 Å². The number of halogens is 3. The molecular weight excluding hydrogens is 467 g/mol. The third-order valence-electron chi connectivity index (χ3n) is 7.08. The van der Waals surface area contributed by atoms with Gasteiger partial charge in [-0.3, -0.25) is 4.90 Å². The summed E-state index contributed by atoms with van der Waals surface area (Å²) >= 11 is 0. The number of carbonyl (C=O) groups is 1. The maximum Gasteiger partial charge on any atom is 0.416 e. The van der Waals surface area contributed by atoms with Crippen LogP contribution < -0.4 is 14.5 Å². The van der Waals surface area contributed by atoms with Gasteiger partial charge in [0.05, 0.1) is 30.6 Å². The van der Waals surface area contributed by atoms with Gasteiger partial charge in [-0.2, -0.15) is 13.2 Å². The van der Waals surface area contributed by atoms with Crippen LogP contribution in [0.1, 0.15) is 29.5 Å². The Morgan fingerprint density at radius 2 is 1.53 bits per heavy atom. The SMILES string of the molecule is COc1ccccc1N1CCC(N2Cc3ccccc3N(Cc3ccccc3C(F)(F)F)C2=O)CC1. The zero-order valence-electron chi connectivity index (χ0n) is 20.0. The van der Waals surface area contributed by atoms with E-state index in [4.69, 9.17) is 4.74 Å². The first-order valence-corrected chi connectivity index (χ1v) is 12.1.